The minimum atomic E-state index is -1.25. The monoisotopic (exact) mass is 389 g/mol. The molecule has 0 spiro atoms. The molecule has 0 radical (unpaired) electrons. The number of nitrogens with one attached hydrogen (secondary N) is 2. The molecule has 0 saturated carbocycles. The molecule has 4 rings (SSSR count). The number of aryl methyl sites for hydroxylation is 2. The van der Waals surface area contributed by atoms with Crippen LogP contribution in [0.5, 0.6) is 0 Å². The first kappa shape index (κ1) is 18.5. The third-order valence-electron chi connectivity index (χ3n) is 5.09. The second-order valence-corrected chi connectivity index (χ2v) is 7.10. The van der Waals surface area contributed by atoms with Crippen LogP contribution in [-0.2, 0) is 10.3 Å². The lowest BCUT2D eigenvalue weighted by Gasteiger charge is -2.22. The van der Waals surface area contributed by atoms with Crippen molar-refractivity contribution in [2.75, 3.05) is 0 Å². The molecule has 2 N–H and O–H groups in total. The number of carbonyl (C=O) groups excluding carboxylic acids is 3. The Kier molecular flexibility index (Phi) is 4.26. The van der Waals surface area contributed by atoms with Crippen LogP contribution in [0.4, 0.5) is 4.79 Å². The van der Waals surface area contributed by atoms with E-state index in [0.29, 0.717) is 21.6 Å². The van der Waals surface area contributed by atoms with Crippen LogP contribution in [0.25, 0.3) is 11.0 Å². The maximum atomic E-state index is 12.9. The van der Waals surface area contributed by atoms with Crippen LogP contribution in [-0.4, -0.2) is 32.8 Å². The fraction of sp³-hybridized carbons (Fsp3) is 0.190. The first-order chi connectivity index (χ1) is 13.8. The molecule has 1 atom stereocenters. The van der Waals surface area contributed by atoms with Crippen molar-refractivity contribution in [3.63, 3.8) is 0 Å². The molecule has 1 aliphatic rings. The van der Waals surface area contributed by atoms with E-state index in [-0.39, 0.29) is 5.56 Å². The van der Waals surface area contributed by atoms with Gasteiger partial charge in [-0.1, -0.05) is 30.3 Å². The summed E-state index contributed by atoms with van der Waals surface area (Å²) in [6.45, 7) is 5.31. The molecule has 1 saturated heterocycles. The fourth-order valence-corrected chi connectivity index (χ4v) is 3.25. The van der Waals surface area contributed by atoms with Crippen molar-refractivity contribution in [1.82, 2.24) is 25.7 Å². The third-order valence-corrected chi connectivity index (χ3v) is 5.09. The Hall–Kier alpha value is -3.81. The van der Waals surface area contributed by atoms with E-state index in [9.17, 15) is 14.4 Å². The number of amides is 4. The summed E-state index contributed by atoms with van der Waals surface area (Å²) in [5.74, 6) is -1.15. The van der Waals surface area contributed by atoms with Gasteiger partial charge in [-0.05, 0) is 44.5 Å². The molecule has 0 unspecified atom stereocenters. The number of urea groups is 1. The molecule has 29 heavy (non-hydrogen) atoms. The second kappa shape index (κ2) is 6.66. The van der Waals surface area contributed by atoms with Crippen molar-refractivity contribution in [3.05, 3.63) is 71.0 Å². The number of nitrogens with zero attached hydrogens (tertiary/aromatic N) is 3. The van der Waals surface area contributed by atoms with Crippen LogP contribution in [0.2, 0.25) is 0 Å². The van der Waals surface area contributed by atoms with Crippen LogP contribution in [0.1, 0.15) is 34.2 Å². The third kappa shape index (κ3) is 3.08. The van der Waals surface area contributed by atoms with E-state index in [1.807, 2.05) is 19.9 Å². The second-order valence-electron chi connectivity index (χ2n) is 7.10. The number of benzene rings is 2. The average molecular weight is 389 g/mol. The molecule has 2 heterocycles. The van der Waals surface area contributed by atoms with Gasteiger partial charge in [-0.3, -0.25) is 15.0 Å². The van der Waals surface area contributed by atoms with Crippen molar-refractivity contribution in [2.45, 2.75) is 26.3 Å². The largest absolute Gasteiger partial charge is 0.344 e. The molecular formula is C21H19N5O3. The zero-order valence-electron chi connectivity index (χ0n) is 16.2. The molecule has 8 nitrogen and oxygen atoms in total. The Balaban J connectivity index is 1.60. The number of hydrogen-bond acceptors (Lipinski definition) is 5. The van der Waals surface area contributed by atoms with Crippen molar-refractivity contribution in [2.24, 2.45) is 0 Å². The van der Waals surface area contributed by atoms with Gasteiger partial charge in [-0.25, -0.2) is 14.8 Å². The summed E-state index contributed by atoms with van der Waals surface area (Å²) in [5.41, 5.74) is 4.84. The molecule has 146 valence electrons. The van der Waals surface area contributed by atoms with Gasteiger partial charge in [-0.2, -0.15) is 5.01 Å². The SMILES string of the molecule is Cc1nc2ccc(C(=O)NN3C(=O)N[C@](C)(c4ccccc4)C3=O)cc2nc1C. The van der Waals surface area contributed by atoms with Gasteiger partial charge in [0.2, 0.25) is 0 Å². The Bertz CT molecular complexity index is 1160. The summed E-state index contributed by atoms with van der Waals surface area (Å²) in [7, 11) is 0. The number of hydrazine groups is 1. The first-order valence-electron chi connectivity index (χ1n) is 9.08. The minimum absolute atomic E-state index is 0.268. The van der Waals surface area contributed by atoms with E-state index in [4.69, 9.17) is 0 Å². The highest BCUT2D eigenvalue weighted by atomic mass is 16.2. The lowest BCUT2D eigenvalue weighted by atomic mass is 9.92. The lowest BCUT2D eigenvalue weighted by molar-refractivity contribution is -0.132. The topological polar surface area (TPSA) is 104 Å². The quantitative estimate of drug-likeness (QED) is 0.669. The van der Waals surface area contributed by atoms with Crippen molar-refractivity contribution in [1.29, 1.82) is 0 Å². The number of fused-ring (bicyclic) bond motifs is 1. The Morgan fingerprint density at radius 2 is 1.66 bits per heavy atom. The minimum Gasteiger partial charge on any atom is -0.318 e. The van der Waals surface area contributed by atoms with E-state index in [1.165, 1.54) is 0 Å². The predicted molar refractivity (Wildman–Crippen MR) is 106 cm³/mol. The number of rotatable bonds is 3. The van der Waals surface area contributed by atoms with Crippen LogP contribution in [0, 0.1) is 13.8 Å². The van der Waals surface area contributed by atoms with Gasteiger partial charge >= 0.3 is 6.03 Å². The van der Waals surface area contributed by atoms with Crippen molar-refractivity contribution < 1.29 is 14.4 Å². The van der Waals surface area contributed by atoms with Gasteiger partial charge in [0, 0.05) is 5.56 Å². The highest BCUT2D eigenvalue weighted by molar-refractivity contribution is 6.09. The lowest BCUT2D eigenvalue weighted by Crippen LogP contribution is -2.47. The molecule has 0 bridgehead atoms. The summed E-state index contributed by atoms with van der Waals surface area (Å²) in [6.07, 6.45) is 0. The highest BCUT2D eigenvalue weighted by Gasteiger charge is 2.50. The maximum absolute atomic E-state index is 12.9. The maximum Gasteiger partial charge on any atom is 0.344 e. The standard InChI is InChI=1S/C21H19N5O3/c1-12-13(2)23-17-11-14(9-10-16(17)22-12)18(27)25-26-19(28)21(3,24-20(26)29)15-7-5-4-6-8-15/h4-11H,1-3H3,(H,24,29)(H,25,27)/t21-/m1/s1. The van der Waals surface area contributed by atoms with Gasteiger partial charge in [0.15, 0.2) is 0 Å². The first-order valence-corrected chi connectivity index (χ1v) is 9.08. The zero-order valence-corrected chi connectivity index (χ0v) is 16.2. The summed E-state index contributed by atoms with van der Waals surface area (Å²) < 4.78 is 0. The summed E-state index contributed by atoms with van der Waals surface area (Å²) in [6, 6.07) is 13.0. The predicted octanol–water partition coefficient (Wildman–Crippen LogP) is 2.36. The molecule has 3 aromatic rings. The summed E-state index contributed by atoms with van der Waals surface area (Å²) in [4.78, 5) is 46.9. The normalized spacial score (nSPS) is 18.8. The van der Waals surface area contributed by atoms with Gasteiger partial charge in [0.05, 0.1) is 22.4 Å². The molecular weight excluding hydrogens is 370 g/mol. The van der Waals surface area contributed by atoms with E-state index in [0.717, 1.165) is 11.4 Å². The molecule has 0 aliphatic carbocycles. The van der Waals surface area contributed by atoms with Gasteiger partial charge < -0.3 is 5.32 Å². The summed E-state index contributed by atoms with van der Waals surface area (Å²) in [5, 5.41) is 3.36. The molecule has 8 heteroatoms. The van der Waals surface area contributed by atoms with E-state index >= 15 is 0 Å². The Morgan fingerprint density at radius 3 is 2.34 bits per heavy atom. The van der Waals surface area contributed by atoms with Crippen LogP contribution < -0.4 is 10.7 Å². The van der Waals surface area contributed by atoms with Gasteiger partial charge in [-0.15, -0.1) is 0 Å². The number of imide groups is 1. The molecule has 4 amide bonds. The number of hydrogen-bond donors (Lipinski definition) is 2. The van der Waals surface area contributed by atoms with E-state index in [2.05, 4.69) is 20.7 Å². The average Bonchev–Trinajstić information content (AvgIpc) is 2.93. The van der Waals surface area contributed by atoms with Crippen molar-refractivity contribution >= 4 is 28.9 Å². The van der Waals surface area contributed by atoms with E-state index in [1.54, 1.807) is 49.4 Å². The van der Waals surface area contributed by atoms with Crippen molar-refractivity contribution in [3.8, 4) is 0 Å². The molecule has 1 aromatic heterocycles. The van der Waals surface area contributed by atoms with Gasteiger partial charge in [0.25, 0.3) is 11.8 Å². The molecule has 1 fully saturated rings. The van der Waals surface area contributed by atoms with Crippen LogP contribution >= 0.6 is 0 Å². The number of aromatic nitrogens is 2. The summed E-state index contributed by atoms with van der Waals surface area (Å²) >= 11 is 0. The smallest absolute Gasteiger partial charge is 0.318 e. The van der Waals surface area contributed by atoms with E-state index < -0.39 is 23.4 Å². The van der Waals surface area contributed by atoms with Crippen LogP contribution in [0.3, 0.4) is 0 Å². The molecule has 1 aliphatic heterocycles. The Morgan fingerprint density at radius 1 is 1.00 bits per heavy atom. The number of carbonyl (C=O) groups is 3. The fourth-order valence-electron chi connectivity index (χ4n) is 3.25. The highest BCUT2D eigenvalue weighted by Crippen LogP contribution is 2.27. The molecule has 2 aromatic carbocycles. The zero-order chi connectivity index (χ0) is 20.8. The Labute approximate surface area is 166 Å². The van der Waals surface area contributed by atoms with Gasteiger partial charge in [0.1, 0.15) is 5.54 Å². The van der Waals surface area contributed by atoms with Crippen LogP contribution in [0.15, 0.2) is 48.5 Å².